The van der Waals surface area contributed by atoms with Gasteiger partial charge in [0.05, 0.1) is 31.3 Å². The van der Waals surface area contributed by atoms with Crippen LogP contribution in [0.15, 0.2) is 24.3 Å². The molecule has 0 unspecified atom stereocenters. The zero-order valence-electron chi connectivity index (χ0n) is 25.8. The number of carbonyl (C=O) groups excluding carboxylic acids is 2. The normalized spacial score (nSPS) is 23.2. The topological polar surface area (TPSA) is 86.1 Å². The Hall–Kier alpha value is -4.06. The summed E-state index contributed by atoms with van der Waals surface area (Å²) in [5.74, 6) is -8.31. The Morgan fingerprint density at radius 2 is 1.56 bits per heavy atom. The molecule has 4 fully saturated rings. The van der Waals surface area contributed by atoms with E-state index in [9.17, 15) is 40.3 Å². The molecule has 48 heavy (non-hydrogen) atoms. The van der Waals surface area contributed by atoms with Gasteiger partial charge in [0, 0.05) is 50.5 Å². The molecule has 3 heterocycles. The van der Waals surface area contributed by atoms with Crippen molar-refractivity contribution in [3.05, 3.63) is 64.2 Å². The van der Waals surface area contributed by atoms with E-state index in [-0.39, 0.29) is 49.8 Å². The molecule has 0 bridgehead atoms. The summed E-state index contributed by atoms with van der Waals surface area (Å²) in [6.07, 6.45) is -2.76. The third-order valence-corrected chi connectivity index (χ3v) is 9.95. The Kier molecular flexibility index (Phi) is 9.23. The largest absolute Gasteiger partial charge is 0.487 e. The maximum Gasteiger partial charge on any atom is 0.422 e. The van der Waals surface area contributed by atoms with Crippen molar-refractivity contribution in [3.8, 4) is 11.8 Å². The van der Waals surface area contributed by atoms with E-state index in [1.807, 2.05) is 0 Å². The minimum Gasteiger partial charge on any atom is -0.487 e. The average molecular weight is 683 g/mol. The van der Waals surface area contributed by atoms with Crippen LogP contribution in [-0.4, -0.2) is 77.7 Å². The molecular formula is C33H33F7N4O4. The third kappa shape index (κ3) is 6.76. The van der Waals surface area contributed by atoms with Crippen LogP contribution < -0.4 is 4.74 Å². The van der Waals surface area contributed by atoms with Gasteiger partial charge in [0.2, 0.25) is 5.91 Å². The Bertz CT molecular complexity index is 1560. The molecule has 1 spiro atoms. The van der Waals surface area contributed by atoms with Crippen molar-refractivity contribution >= 4 is 12.0 Å². The lowest BCUT2D eigenvalue weighted by Gasteiger charge is -2.42. The molecule has 1 saturated carbocycles. The lowest BCUT2D eigenvalue weighted by Crippen LogP contribution is -2.57. The molecule has 0 aromatic heterocycles. The summed E-state index contributed by atoms with van der Waals surface area (Å²) in [5.41, 5.74) is -4.05. The quantitative estimate of drug-likeness (QED) is 0.263. The minimum atomic E-state index is -5.61. The molecular weight excluding hydrogens is 649 g/mol. The van der Waals surface area contributed by atoms with E-state index < -0.39 is 58.8 Å². The number of ether oxygens (including phenoxy) is 2. The van der Waals surface area contributed by atoms with E-state index in [2.05, 4.69) is 6.07 Å². The first-order valence-corrected chi connectivity index (χ1v) is 15.8. The number of hydrogen-bond donors (Lipinski definition) is 0. The second-order valence-electron chi connectivity index (χ2n) is 13.2. The SMILES string of the molecule is N#Cc1ccc(OC2CN(C(=O)C3CCC(CN4CC5(CCN(Cc6c(F)c(F)c(C(F)(F)F)c(F)c6F)CC5)OC4=O)CC3)C2)cc1. The first-order chi connectivity index (χ1) is 22.8. The number of likely N-dealkylation sites (tertiary alicyclic amines) is 2. The fourth-order valence-electron chi connectivity index (χ4n) is 7.16. The average Bonchev–Trinajstić information content (AvgIpc) is 3.34. The lowest BCUT2D eigenvalue weighted by molar-refractivity contribution is -0.146. The highest BCUT2D eigenvalue weighted by atomic mass is 19.4. The summed E-state index contributed by atoms with van der Waals surface area (Å²) in [6.45, 7) is 1.36. The molecule has 3 aliphatic heterocycles. The molecule has 8 nitrogen and oxygen atoms in total. The molecule has 6 rings (SSSR count). The number of benzene rings is 2. The Morgan fingerprint density at radius 3 is 2.12 bits per heavy atom. The van der Waals surface area contributed by atoms with E-state index in [0.29, 0.717) is 50.3 Å². The van der Waals surface area contributed by atoms with Gasteiger partial charge < -0.3 is 19.3 Å². The smallest absolute Gasteiger partial charge is 0.422 e. The van der Waals surface area contributed by atoms with Crippen LogP contribution in [0.25, 0.3) is 0 Å². The Labute approximate surface area is 272 Å². The highest BCUT2D eigenvalue weighted by Gasteiger charge is 2.48. The van der Waals surface area contributed by atoms with Gasteiger partial charge in [0.15, 0.2) is 23.3 Å². The number of hydrogen-bond acceptors (Lipinski definition) is 6. The number of piperidine rings is 1. The van der Waals surface area contributed by atoms with Crippen LogP contribution in [0.5, 0.6) is 5.75 Å². The highest BCUT2D eigenvalue weighted by molar-refractivity contribution is 5.80. The molecule has 3 saturated heterocycles. The predicted molar refractivity (Wildman–Crippen MR) is 154 cm³/mol. The third-order valence-electron chi connectivity index (χ3n) is 9.95. The molecule has 0 N–H and O–H groups in total. The zero-order valence-corrected chi connectivity index (χ0v) is 25.8. The first-order valence-electron chi connectivity index (χ1n) is 15.8. The van der Waals surface area contributed by atoms with E-state index in [0.717, 1.165) is 12.8 Å². The van der Waals surface area contributed by atoms with Crippen LogP contribution in [0.2, 0.25) is 0 Å². The molecule has 2 aromatic carbocycles. The van der Waals surface area contributed by atoms with Gasteiger partial charge >= 0.3 is 12.3 Å². The Balaban J connectivity index is 0.945. The van der Waals surface area contributed by atoms with Gasteiger partial charge in [-0.05, 0) is 55.9 Å². The number of rotatable bonds is 7. The molecule has 4 aliphatic rings. The van der Waals surface area contributed by atoms with Gasteiger partial charge in [-0.15, -0.1) is 0 Å². The van der Waals surface area contributed by atoms with E-state index in [4.69, 9.17) is 14.7 Å². The fourth-order valence-corrected chi connectivity index (χ4v) is 7.16. The summed E-state index contributed by atoms with van der Waals surface area (Å²) in [7, 11) is 0. The van der Waals surface area contributed by atoms with Crippen molar-refractivity contribution in [1.82, 2.24) is 14.7 Å². The fraction of sp³-hybridized carbons (Fsp3) is 0.545. The van der Waals surface area contributed by atoms with Gasteiger partial charge in [-0.3, -0.25) is 9.69 Å². The van der Waals surface area contributed by atoms with Gasteiger partial charge in [0.25, 0.3) is 0 Å². The van der Waals surface area contributed by atoms with Gasteiger partial charge in [-0.1, -0.05) is 0 Å². The van der Waals surface area contributed by atoms with Crippen molar-refractivity contribution in [2.24, 2.45) is 11.8 Å². The second kappa shape index (κ2) is 13.1. The summed E-state index contributed by atoms with van der Waals surface area (Å²) >= 11 is 0. The minimum absolute atomic E-state index is 0.0976. The van der Waals surface area contributed by atoms with E-state index >= 15 is 0 Å². The monoisotopic (exact) mass is 682 g/mol. The first kappa shape index (κ1) is 33.8. The van der Waals surface area contributed by atoms with Crippen molar-refractivity contribution in [2.75, 3.05) is 39.3 Å². The van der Waals surface area contributed by atoms with Crippen molar-refractivity contribution in [2.45, 2.75) is 63.0 Å². The van der Waals surface area contributed by atoms with Crippen molar-refractivity contribution in [3.63, 3.8) is 0 Å². The molecule has 0 radical (unpaired) electrons. The van der Waals surface area contributed by atoms with Gasteiger partial charge in [-0.25, -0.2) is 22.4 Å². The summed E-state index contributed by atoms with van der Waals surface area (Å²) in [5, 5.41) is 8.92. The van der Waals surface area contributed by atoms with Crippen LogP contribution in [0.4, 0.5) is 35.5 Å². The highest BCUT2D eigenvalue weighted by Crippen LogP contribution is 2.39. The standard InChI is InChI=1S/C33H33F7N4O4/c34-26-24(27(35)29(37)25(28(26)36)33(38,39)40)17-42-11-9-32(10-12-42)18-44(31(46)48-32)14-20-1-5-21(6-2-20)30(45)43-15-23(16-43)47-22-7-3-19(13-41)4-8-22/h3-4,7-8,20-21,23H,1-2,5-6,9-12,14-18H2. The van der Waals surface area contributed by atoms with Crippen molar-refractivity contribution in [1.29, 1.82) is 5.26 Å². The van der Waals surface area contributed by atoms with Crippen LogP contribution in [-0.2, 0) is 22.3 Å². The summed E-state index contributed by atoms with van der Waals surface area (Å²) in [4.78, 5) is 30.7. The second-order valence-corrected chi connectivity index (χ2v) is 13.2. The molecule has 2 amide bonds. The molecule has 0 atom stereocenters. The van der Waals surface area contributed by atoms with Gasteiger partial charge in [0.1, 0.15) is 23.0 Å². The maximum atomic E-state index is 14.4. The van der Waals surface area contributed by atoms with Crippen molar-refractivity contribution < 1.29 is 49.8 Å². The molecule has 1 aliphatic carbocycles. The van der Waals surface area contributed by atoms with Crippen LogP contribution in [0.1, 0.15) is 55.2 Å². The number of alkyl halides is 3. The number of nitriles is 1. The summed E-state index contributed by atoms with van der Waals surface area (Å²) < 4.78 is 107. The zero-order chi connectivity index (χ0) is 34.4. The van der Waals surface area contributed by atoms with Crippen LogP contribution in [0, 0.1) is 46.4 Å². The molecule has 2 aromatic rings. The van der Waals surface area contributed by atoms with Gasteiger partial charge in [-0.2, -0.15) is 18.4 Å². The number of amides is 2. The number of halogens is 7. The number of nitrogens with zero attached hydrogens (tertiary/aromatic N) is 4. The maximum absolute atomic E-state index is 14.4. The predicted octanol–water partition coefficient (Wildman–Crippen LogP) is 6.02. The van der Waals surface area contributed by atoms with Crippen LogP contribution >= 0.6 is 0 Å². The number of carbonyl (C=O) groups is 2. The molecule has 15 heteroatoms. The lowest BCUT2D eigenvalue weighted by atomic mass is 9.80. The Morgan fingerprint density at radius 1 is 0.958 bits per heavy atom. The van der Waals surface area contributed by atoms with E-state index in [1.165, 1.54) is 4.90 Å². The molecule has 258 valence electrons. The summed E-state index contributed by atoms with van der Waals surface area (Å²) in [6, 6.07) is 8.87. The van der Waals surface area contributed by atoms with E-state index in [1.54, 1.807) is 34.1 Å². The van der Waals surface area contributed by atoms with Crippen LogP contribution in [0.3, 0.4) is 0 Å².